The van der Waals surface area contributed by atoms with Crippen LogP contribution < -0.4 is 5.32 Å². The fourth-order valence-corrected chi connectivity index (χ4v) is 2.12. The normalized spacial score (nSPS) is 12.8. The van der Waals surface area contributed by atoms with Gasteiger partial charge >= 0.3 is 0 Å². The van der Waals surface area contributed by atoms with Crippen molar-refractivity contribution >= 4 is 0 Å². The van der Waals surface area contributed by atoms with Gasteiger partial charge in [0.25, 0.3) is 0 Å². The summed E-state index contributed by atoms with van der Waals surface area (Å²) in [6.07, 6.45) is 7.77. The van der Waals surface area contributed by atoms with E-state index < -0.39 is 0 Å². The van der Waals surface area contributed by atoms with E-state index in [9.17, 15) is 0 Å². The summed E-state index contributed by atoms with van der Waals surface area (Å²) in [5, 5.41) is 7.51. The highest BCUT2D eigenvalue weighted by Gasteiger charge is 2.10. The highest BCUT2D eigenvalue weighted by atomic mass is 15.3. The monoisotopic (exact) mass is 247 g/mol. The average Bonchev–Trinajstić information content (AvgIpc) is 2.96. The zero-order valence-corrected chi connectivity index (χ0v) is 11.3. The molecule has 1 atom stereocenters. The van der Waals surface area contributed by atoms with Gasteiger partial charge in [0.1, 0.15) is 0 Å². The van der Waals surface area contributed by atoms with Crippen LogP contribution in [0.3, 0.4) is 0 Å². The first-order valence-corrected chi connectivity index (χ1v) is 6.42. The molecule has 5 heteroatoms. The zero-order valence-electron chi connectivity index (χ0n) is 11.3. The van der Waals surface area contributed by atoms with Crippen molar-refractivity contribution in [1.82, 2.24) is 24.6 Å². The first kappa shape index (κ1) is 12.8. The molecule has 1 N–H and O–H groups in total. The number of hydrogen-bond donors (Lipinski definition) is 1. The summed E-state index contributed by atoms with van der Waals surface area (Å²) >= 11 is 0. The summed E-state index contributed by atoms with van der Waals surface area (Å²) in [5.74, 6) is 0.573. The molecule has 0 radical (unpaired) electrons. The Morgan fingerprint density at radius 2 is 2.22 bits per heavy atom. The molecule has 5 nitrogen and oxygen atoms in total. The predicted molar refractivity (Wildman–Crippen MR) is 72.2 cm³/mol. The van der Waals surface area contributed by atoms with Crippen LogP contribution in [0.25, 0.3) is 11.3 Å². The van der Waals surface area contributed by atoms with Crippen LogP contribution in [0.1, 0.15) is 13.8 Å². The summed E-state index contributed by atoms with van der Waals surface area (Å²) in [6.45, 7) is 7.18. The van der Waals surface area contributed by atoms with Crippen LogP contribution in [0.2, 0.25) is 0 Å². The van der Waals surface area contributed by atoms with E-state index in [0.29, 0.717) is 5.92 Å². The number of nitrogens with zero attached hydrogens (tertiary/aromatic N) is 4. The lowest BCUT2D eigenvalue weighted by molar-refractivity contribution is 0.464. The van der Waals surface area contributed by atoms with Crippen LogP contribution >= 0.6 is 0 Å². The number of aryl methyl sites for hydroxylation is 1. The smallest absolute Gasteiger partial charge is 0.0951 e. The number of hydrogen-bond acceptors (Lipinski definition) is 3. The maximum atomic E-state index is 4.31. The quantitative estimate of drug-likeness (QED) is 0.844. The molecule has 2 aromatic rings. The number of nitrogens with one attached hydrogen (secondary N) is 1. The molecule has 98 valence electrons. The summed E-state index contributed by atoms with van der Waals surface area (Å²) in [5.41, 5.74) is 2.27. The Morgan fingerprint density at radius 3 is 2.89 bits per heavy atom. The van der Waals surface area contributed by atoms with E-state index in [4.69, 9.17) is 0 Å². The number of rotatable bonds is 6. The first-order chi connectivity index (χ1) is 8.74. The number of aromatic nitrogens is 4. The molecule has 2 heterocycles. The van der Waals surface area contributed by atoms with Gasteiger partial charge in [0, 0.05) is 24.8 Å². The van der Waals surface area contributed by atoms with E-state index in [-0.39, 0.29) is 0 Å². The summed E-state index contributed by atoms with van der Waals surface area (Å²) in [6, 6.07) is 0. The van der Waals surface area contributed by atoms with Gasteiger partial charge in [-0.25, -0.2) is 4.98 Å². The molecule has 0 saturated heterocycles. The molecule has 0 fully saturated rings. The summed E-state index contributed by atoms with van der Waals surface area (Å²) < 4.78 is 4.13. The third-order valence-electron chi connectivity index (χ3n) is 3.03. The summed E-state index contributed by atoms with van der Waals surface area (Å²) in [7, 11) is 1.98. The third-order valence-corrected chi connectivity index (χ3v) is 3.03. The van der Waals surface area contributed by atoms with Crippen molar-refractivity contribution in [3.05, 3.63) is 24.9 Å². The van der Waals surface area contributed by atoms with Crippen molar-refractivity contribution in [1.29, 1.82) is 0 Å². The predicted octanol–water partition coefficient (Wildman–Crippen LogP) is 1.62. The molecule has 0 amide bonds. The van der Waals surface area contributed by atoms with Crippen molar-refractivity contribution in [2.45, 2.75) is 26.9 Å². The molecule has 0 bridgehead atoms. The van der Waals surface area contributed by atoms with Gasteiger partial charge in [-0.1, -0.05) is 6.92 Å². The Kier molecular flexibility index (Phi) is 4.15. The van der Waals surface area contributed by atoms with Crippen LogP contribution in [0.4, 0.5) is 0 Å². The van der Waals surface area contributed by atoms with Crippen LogP contribution in [0.5, 0.6) is 0 Å². The lowest BCUT2D eigenvalue weighted by Gasteiger charge is -2.13. The van der Waals surface area contributed by atoms with Crippen molar-refractivity contribution in [2.75, 3.05) is 13.6 Å². The second-order valence-corrected chi connectivity index (χ2v) is 4.68. The molecule has 0 aliphatic heterocycles. The Hall–Kier alpha value is -1.62. The standard InChI is InChI=1S/C13H21N5/c1-4-18-9-12(6-16-18)13-7-15-10-17(13)8-11(2)5-14-3/h6-7,9-11,14H,4-5,8H2,1-3H3. The SMILES string of the molecule is CCn1cc(-c2cncn2CC(C)CNC)cn1. The fourth-order valence-electron chi connectivity index (χ4n) is 2.12. The minimum atomic E-state index is 0.573. The van der Waals surface area contributed by atoms with E-state index in [2.05, 4.69) is 40.0 Å². The highest BCUT2D eigenvalue weighted by Crippen LogP contribution is 2.19. The van der Waals surface area contributed by atoms with Crippen LogP contribution in [0, 0.1) is 5.92 Å². The molecular weight excluding hydrogens is 226 g/mol. The van der Waals surface area contributed by atoms with E-state index in [0.717, 1.165) is 30.9 Å². The second kappa shape index (κ2) is 5.82. The first-order valence-electron chi connectivity index (χ1n) is 6.42. The van der Waals surface area contributed by atoms with Gasteiger partial charge in [-0.15, -0.1) is 0 Å². The van der Waals surface area contributed by atoms with E-state index in [1.165, 1.54) is 0 Å². The Labute approximate surface area is 108 Å². The molecule has 2 aromatic heterocycles. The van der Waals surface area contributed by atoms with Gasteiger partial charge in [-0.05, 0) is 26.4 Å². The van der Waals surface area contributed by atoms with Gasteiger partial charge in [0.15, 0.2) is 0 Å². The van der Waals surface area contributed by atoms with Gasteiger partial charge in [0.05, 0.1) is 24.4 Å². The lowest BCUT2D eigenvalue weighted by Crippen LogP contribution is -2.20. The topological polar surface area (TPSA) is 47.7 Å². The Balaban J connectivity index is 2.16. The fraction of sp³-hybridized carbons (Fsp3) is 0.538. The van der Waals surface area contributed by atoms with Crippen LogP contribution in [0.15, 0.2) is 24.9 Å². The lowest BCUT2D eigenvalue weighted by atomic mass is 10.1. The molecule has 0 spiro atoms. The second-order valence-electron chi connectivity index (χ2n) is 4.68. The van der Waals surface area contributed by atoms with Gasteiger partial charge in [-0.3, -0.25) is 4.68 Å². The zero-order chi connectivity index (χ0) is 13.0. The van der Waals surface area contributed by atoms with Crippen molar-refractivity contribution in [3.63, 3.8) is 0 Å². The van der Waals surface area contributed by atoms with E-state index in [1.807, 2.05) is 30.5 Å². The Morgan fingerprint density at radius 1 is 1.39 bits per heavy atom. The highest BCUT2D eigenvalue weighted by molar-refractivity contribution is 5.56. The molecule has 0 saturated carbocycles. The van der Waals surface area contributed by atoms with Crippen molar-refractivity contribution in [3.8, 4) is 11.3 Å². The molecular formula is C13H21N5. The number of imidazole rings is 1. The van der Waals surface area contributed by atoms with Crippen LogP contribution in [-0.4, -0.2) is 32.9 Å². The molecule has 1 unspecified atom stereocenters. The minimum Gasteiger partial charge on any atom is -0.330 e. The largest absolute Gasteiger partial charge is 0.330 e. The molecule has 0 aliphatic rings. The maximum Gasteiger partial charge on any atom is 0.0951 e. The summed E-state index contributed by atoms with van der Waals surface area (Å²) in [4.78, 5) is 4.25. The van der Waals surface area contributed by atoms with Crippen LogP contribution in [-0.2, 0) is 13.1 Å². The van der Waals surface area contributed by atoms with Crippen molar-refractivity contribution < 1.29 is 0 Å². The van der Waals surface area contributed by atoms with Crippen molar-refractivity contribution in [2.24, 2.45) is 5.92 Å². The molecule has 18 heavy (non-hydrogen) atoms. The minimum absolute atomic E-state index is 0.573. The van der Waals surface area contributed by atoms with Gasteiger partial charge in [-0.2, -0.15) is 5.10 Å². The maximum absolute atomic E-state index is 4.31. The van der Waals surface area contributed by atoms with E-state index >= 15 is 0 Å². The van der Waals surface area contributed by atoms with Gasteiger partial charge < -0.3 is 9.88 Å². The average molecular weight is 247 g/mol. The Bertz CT molecular complexity index is 485. The molecule has 2 rings (SSSR count). The molecule has 0 aromatic carbocycles. The van der Waals surface area contributed by atoms with E-state index in [1.54, 1.807) is 0 Å². The van der Waals surface area contributed by atoms with Gasteiger partial charge in [0.2, 0.25) is 0 Å². The molecule has 0 aliphatic carbocycles. The third kappa shape index (κ3) is 2.79.